The number of anilines is 6. The van der Waals surface area contributed by atoms with Crippen molar-refractivity contribution in [2.45, 2.75) is 78.9 Å². The fourth-order valence-electron chi connectivity index (χ4n) is 11.9. The van der Waals surface area contributed by atoms with Crippen molar-refractivity contribution in [2.24, 2.45) is 11.8 Å². The molecule has 3 heteroatoms. The molecule has 3 unspecified atom stereocenters. The van der Waals surface area contributed by atoms with Crippen molar-refractivity contribution < 1.29 is 0 Å². The average molecular weight is 801 g/mol. The number of hydrogen-bond donors (Lipinski definition) is 0. The minimum atomic E-state index is -1.14. The quantitative estimate of drug-likeness (QED) is 0.143. The SMILES string of the molecule is CS1(C)c2ccccc2-c2ccc(N(c3ccc(C4CCCCC4)cc3)c3ccc(C4(c5ccc(N(c6ccccc6)c6ccccc6)cc5)CC5CCC4C5)cc3)cc21. The van der Waals surface area contributed by atoms with Gasteiger partial charge in [0.2, 0.25) is 0 Å². The molecule has 1 heterocycles. The normalized spacial score (nSPS) is 21.9. The molecule has 7 aromatic carbocycles. The van der Waals surface area contributed by atoms with Crippen LogP contribution in [0.25, 0.3) is 11.1 Å². The van der Waals surface area contributed by atoms with E-state index in [1.165, 1.54) is 130 Å². The van der Waals surface area contributed by atoms with Crippen molar-refractivity contribution in [1.82, 2.24) is 0 Å². The van der Waals surface area contributed by atoms with E-state index in [0.29, 0.717) is 11.8 Å². The maximum atomic E-state index is 2.53. The minimum Gasteiger partial charge on any atom is -0.311 e. The maximum absolute atomic E-state index is 2.53. The molecular formula is C57H56N2S. The predicted octanol–water partition coefficient (Wildman–Crippen LogP) is 16.2. The molecule has 1 aliphatic heterocycles. The Kier molecular flexibility index (Phi) is 9.49. The molecule has 3 aliphatic carbocycles. The molecule has 0 radical (unpaired) electrons. The average Bonchev–Trinajstić information content (AvgIpc) is 4.00. The second-order valence-corrected chi connectivity index (χ2v) is 22.0. The number of rotatable bonds is 9. The standard InChI is InChI=1S/C57H56N2S/c1-60(2)55-21-13-12-20-53(55)54-37-36-52(39-56(54)60)59(49-30-23-43(24-31-49)42-14-6-3-7-15-42)51-34-28-45(29-35-51)57(40-41-22-25-46(57)38-41)44-26-32-50(33-27-44)58(47-16-8-4-9-17-47)48-18-10-5-11-19-48/h4-5,8-13,16-21,23-24,26-37,39,41-42,46H,3,6-7,14-15,22,25,38,40H2,1-2H3. The van der Waals surface area contributed by atoms with Crippen LogP contribution in [0, 0.1) is 11.8 Å². The first-order chi connectivity index (χ1) is 29.5. The fraction of sp³-hybridized carbons (Fsp3) is 0.263. The highest BCUT2D eigenvalue weighted by Crippen LogP contribution is 2.68. The molecular weight excluding hydrogens is 745 g/mol. The molecule has 0 aromatic heterocycles. The Hall–Kier alpha value is -5.51. The van der Waals surface area contributed by atoms with E-state index in [2.05, 4.69) is 198 Å². The van der Waals surface area contributed by atoms with E-state index in [4.69, 9.17) is 0 Å². The third-order valence-electron chi connectivity index (χ3n) is 14.9. The lowest BCUT2D eigenvalue weighted by atomic mass is 9.64. The highest BCUT2D eigenvalue weighted by molar-refractivity contribution is 8.33. The second-order valence-electron chi connectivity index (χ2n) is 18.4. The van der Waals surface area contributed by atoms with Gasteiger partial charge in [0.1, 0.15) is 0 Å². The lowest BCUT2D eigenvalue weighted by Crippen LogP contribution is -2.34. The number of fused-ring (bicyclic) bond motifs is 5. The molecule has 0 saturated heterocycles. The smallest absolute Gasteiger partial charge is 0.0472 e. The molecule has 300 valence electrons. The zero-order valence-electron chi connectivity index (χ0n) is 35.1. The van der Waals surface area contributed by atoms with Crippen LogP contribution in [0.1, 0.15) is 80.4 Å². The van der Waals surface area contributed by atoms with E-state index < -0.39 is 10.0 Å². The maximum Gasteiger partial charge on any atom is 0.0472 e. The van der Waals surface area contributed by atoms with Gasteiger partial charge in [-0.2, -0.15) is 10.0 Å². The van der Waals surface area contributed by atoms with Crippen LogP contribution in [0.2, 0.25) is 0 Å². The zero-order valence-corrected chi connectivity index (χ0v) is 36.0. The monoisotopic (exact) mass is 800 g/mol. The van der Waals surface area contributed by atoms with Gasteiger partial charge in [-0.1, -0.05) is 123 Å². The first-order valence-electron chi connectivity index (χ1n) is 22.5. The molecule has 11 rings (SSSR count). The summed E-state index contributed by atoms with van der Waals surface area (Å²) in [5, 5.41) is 0. The summed E-state index contributed by atoms with van der Waals surface area (Å²) in [7, 11) is -1.14. The van der Waals surface area contributed by atoms with E-state index >= 15 is 0 Å². The lowest BCUT2D eigenvalue weighted by molar-refractivity contribution is 0.320. The lowest BCUT2D eigenvalue weighted by Gasteiger charge is -2.40. The summed E-state index contributed by atoms with van der Waals surface area (Å²) in [4.78, 5) is 7.89. The van der Waals surface area contributed by atoms with Gasteiger partial charge < -0.3 is 9.80 Å². The zero-order chi connectivity index (χ0) is 40.3. The van der Waals surface area contributed by atoms with Crippen LogP contribution in [0.3, 0.4) is 0 Å². The Bertz CT molecular complexity index is 2570. The van der Waals surface area contributed by atoms with E-state index in [-0.39, 0.29) is 5.41 Å². The van der Waals surface area contributed by atoms with Gasteiger partial charge in [-0.3, -0.25) is 0 Å². The first-order valence-corrected chi connectivity index (χ1v) is 24.9. The van der Waals surface area contributed by atoms with Crippen molar-refractivity contribution in [3.63, 3.8) is 0 Å². The number of benzene rings is 7. The molecule has 2 nitrogen and oxygen atoms in total. The molecule has 0 N–H and O–H groups in total. The van der Waals surface area contributed by atoms with Crippen molar-refractivity contribution in [3.05, 3.63) is 193 Å². The van der Waals surface area contributed by atoms with Crippen molar-refractivity contribution in [2.75, 3.05) is 22.3 Å². The molecule has 3 saturated carbocycles. The van der Waals surface area contributed by atoms with Gasteiger partial charge in [-0.15, -0.1) is 0 Å². The highest BCUT2D eigenvalue weighted by atomic mass is 32.3. The van der Waals surface area contributed by atoms with E-state index in [1.807, 2.05) is 0 Å². The molecule has 3 fully saturated rings. The predicted molar refractivity (Wildman–Crippen MR) is 256 cm³/mol. The van der Waals surface area contributed by atoms with Crippen LogP contribution in [0.15, 0.2) is 186 Å². The summed E-state index contributed by atoms with van der Waals surface area (Å²) >= 11 is 0. The highest BCUT2D eigenvalue weighted by Gasteiger charge is 2.52. The Morgan fingerprint density at radius 1 is 0.450 bits per heavy atom. The molecule has 2 bridgehead atoms. The molecule has 0 amide bonds. The van der Waals surface area contributed by atoms with Gasteiger partial charge in [-0.05, 0) is 169 Å². The van der Waals surface area contributed by atoms with Crippen molar-refractivity contribution >= 4 is 44.2 Å². The largest absolute Gasteiger partial charge is 0.311 e. The Morgan fingerprint density at radius 2 is 0.950 bits per heavy atom. The summed E-state index contributed by atoms with van der Waals surface area (Å²) in [5.74, 6) is 2.14. The van der Waals surface area contributed by atoms with Crippen LogP contribution in [-0.4, -0.2) is 12.5 Å². The number of para-hydroxylation sites is 2. The first kappa shape index (κ1) is 37.5. The van der Waals surface area contributed by atoms with Crippen molar-refractivity contribution in [1.29, 1.82) is 0 Å². The van der Waals surface area contributed by atoms with Crippen LogP contribution >= 0.6 is 10.0 Å². The number of hydrogen-bond acceptors (Lipinski definition) is 2. The molecule has 0 spiro atoms. The van der Waals surface area contributed by atoms with Gasteiger partial charge in [0.25, 0.3) is 0 Å². The summed E-state index contributed by atoms with van der Waals surface area (Å²) in [5.41, 5.74) is 14.5. The van der Waals surface area contributed by atoms with Gasteiger partial charge in [0.15, 0.2) is 0 Å². The number of nitrogens with zero attached hydrogens (tertiary/aromatic N) is 2. The summed E-state index contributed by atoms with van der Waals surface area (Å²) in [6.07, 6.45) is 16.9. The third kappa shape index (κ3) is 6.31. The Morgan fingerprint density at radius 3 is 1.52 bits per heavy atom. The summed E-state index contributed by atoms with van der Waals surface area (Å²) < 4.78 is 0. The van der Waals surface area contributed by atoms with E-state index in [1.54, 1.807) is 0 Å². The van der Waals surface area contributed by atoms with Crippen LogP contribution in [-0.2, 0) is 5.41 Å². The second kappa shape index (κ2) is 15.2. The summed E-state index contributed by atoms with van der Waals surface area (Å²) in [6, 6.07) is 67.0. The van der Waals surface area contributed by atoms with E-state index in [0.717, 1.165) is 5.92 Å². The van der Waals surface area contributed by atoms with Gasteiger partial charge in [0, 0.05) is 49.3 Å². The summed E-state index contributed by atoms with van der Waals surface area (Å²) in [6.45, 7) is 0. The van der Waals surface area contributed by atoms with Gasteiger partial charge in [0.05, 0.1) is 0 Å². The van der Waals surface area contributed by atoms with E-state index in [9.17, 15) is 0 Å². The van der Waals surface area contributed by atoms with Crippen LogP contribution in [0.4, 0.5) is 34.1 Å². The topological polar surface area (TPSA) is 6.48 Å². The molecule has 3 atom stereocenters. The van der Waals surface area contributed by atoms with Crippen molar-refractivity contribution in [3.8, 4) is 11.1 Å². The minimum absolute atomic E-state index is 0.0174. The molecule has 7 aromatic rings. The fourth-order valence-corrected chi connectivity index (χ4v) is 14.5. The Balaban J connectivity index is 0.977. The Labute approximate surface area is 359 Å². The van der Waals surface area contributed by atoms with Gasteiger partial charge >= 0.3 is 0 Å². The molecule has 4 aliphatic rings. The van der Waals surface area contributed by atoms with Crippen LogP contribution < -0.4 is 9.80 Å². The van der Waals surface area contributed by atoms with Gasteiger partial charge in [-0.25, -0.2) is 0 Å². The third-order valence-corrected chi connectivity index (χ3v) is 17.8. The van der Waals surface area contributed by atoms with Crippen LogP contribution in [0.5, 0.6) is 0 Å². The molecule has 60 heavy (non-hydrogen) atoms.